The van der Waals surface area contributed by atoms with Crippen LogP contribution in [0, 0.1) is 0 Å². The first kappa shape index (κ1) is 28.4. The molecule has 0 aliphatic carbocycles. The average molecular weight is 455 g/mol. The smallest absolute Gasteiger partial charge is 0.398 e. The zero-order chi connectivity index (χ0) is 21.5. The lowest BCUT2D eigenvalue weighted by molar-refractivity contribution is 0.123. The number of unbranched alkanes of at least 4 members (excludes halogenated alkanes) is 2. The van der Waals surface area contributed by atoms with Gasteiger partial charge in [-0.2, -0.15) is 0 Å². The van der Waals surface area contributed by atoms with E-state index in [1.165, 1.54) is 32.2 Å². The molecule has 10 heteroatoms. The van der Waals surface area contributed by atoms with Crippen LogP contribution in [-0.4, -0.2) is 101 Å². The number of hydrogen-bond donors (Lipinski definition) is 1. The van der Waals surface area contributed by atoms with Crippen molar-refractivity contribution >= 4 is 26.9 Å². The molecule has 0 saturated heterocycles. The first-order chi connectivity index (χ1) is 13.3. The van der Waals surface area contributed by atoms with Gasteiger partial charge in [0.15, 0.2) is 0 Å². The summed E-state index contributed by atoms with van der Waals surface area (Å²) in [7, 11) is 8.10. The highest BCUT2D eigenvalue weighted by atomic mass is 28.4. The SMILES string of the molecule is CO[Si](CCCNC[SiH2]C(CCCCCN(C)C)[Si](C)(OC)OC)(OC)OC. The Labute approximate surface area is 178 Å². The lowest BCUT2D eigenvalue weighted by Crippen LogP contribution is -2.46. The fourth-order valence-electron chi connectivity index (χ4n) is 3.47. The molecule has 0 aliphatic heterocycles. The molecule has 0 bridgehead atoms. The molecule has 1 unspecified atom stereocenters. The van der Waals surface area contributed by atoms with Gasteiger partial charge in [0.05, 0.1) is 0 Å². The minimum absolute atomic E-state index is 0.321. The summed E-state index contributed by atoms with van der Waals surface area (Å²) in [4.78, 5) is 2.26. The molecule has 28 heavy (non-hydrogen) atoms. The normalized spacial score (nSPS) is 14.5. The molecule has 0 aromatic heterocycles. The Kier molecular flexibility index (Phi) is 16.3. The molecule has 0 aromatic rings. The van der Waals surface area contributed by atoms with Crippen LogP contribution in [0.1, 0.15) is 32.1 Å². The van der Waals surface area contributed by atoms with Crippen molar-refractivity contribution in [3.63, 3.8) is 0 Å². The molecule has 0 aromatic carbocycles. The Morgan fingerprint density at radius 2 is 1.46 bits per heavy atom. The quantitative estimate of drug-likeness (QED) is 0.236. The fraction of sp³-hybridized carbons (Fsp3) is 1.00. The Morgan fingerprint density at radius 1 is 0.857 bits per heavy atom. The van der Waals surface area contributed by atoms with E-state index in [-0.39, 0.29) is 9.52 Å². The molecule has 0 rings (SSSR count). The second kappa shape index (κ2) is 16.1. The van der Waals surface area contributed by atoms with Crippen molar-refractivity contribution in [2.24, 2.45) is 0 Å². The highest BCUT2D eigenvalue weighted by Crippen LogP contribution is 2.28. The van der Waals surface area contributed by atoms with Crippen LogP contribution < -0.4 is 5.32 Å². The molecule has 0 amide bonds. The Morgan fingerprint density at radius 3 is 1.96 bits per heavy atom. The lowest BCUT2D eigenvalue weighted by atomic mass is 10.2. The number of rotatable bonds is 19. The van der Waals surface area contributed by atoms with Crippen LogP contribution in [0.5, 0.6) is 0 Å². The molecular weight excluding hydrogens is 408 g/mol. The molecule has 170 valence electrons. The summed E-state index contributed by atoms with van der Waals surface area (Å²) < 4.78 is 28.2. The second-order valence-corrected chi connectivity index (χ2v) is 17.3. The van der Waals surface area contributed by atoms with Crippen molar-refractivity contribution in [2.75, 3.05) is 68.9 Å². The van der Waals surface area contributed by atoms with Gasteiger partial charge in [0.1, 0.15) is 0 Å². The number of nitrogens with one attached hydrogen (secondary N) is 1. The van der Waals surface area contributed by atoms with E-state index in [1.54, 1.807) is 21.3 Å². The summed E-state index contributed by atoms with van der Waals surface area (Å²) in [6.45, 7) is 4.36. The maximum atomic E-state index is 5.88. The molecule has 0 saturated carbocycles. The van der Waals surface area contributed by atoms with Crippen molar-refractivity contribution in [2.45, 2.75) is 49.9 Å². The van der Waals surface area contributed by atoms with Crippen LogP contribution in [0.25, 0.3) is 0 Å². The third kappa shape index (κ3) is 11.0. The van der Waals surface area contributed by atoms with Crippen LogP contribution in [0.2, 0.25) is 17.8 Å². The van der Waals surface area contributed by atoms with E-state index >= 15 is 0 Å². The summed E-state index contributed by atoms with van der Waals surface area (Å²) in [5.41, 5.74) is 0. The summed E-state index contributed by atoms with van der Waals surface area (Å²) in [5, 5.41) is 4.26. The minimum atomic E-state index is -2.44. The van der Waals surface area contributed by atoms with Gasteiger partial charge >= 0.3 is 17.4 Å². The van der Waals surface area contributed by atoms with E-state index < -0.39 is 17.4 Å². The Hall–Kier alpha value is 0.371. The second-order valence-electron chi connectivity index (χ2n) is 7.71. The zero-order valence-electron chi connectivity index (χ0n) is 19.6. The zero-order valence-corrected chi connectivity index (χ0v) is 23.1. The molecule has 7 nitrogen and oxygen atoms in total. The largest absolute Gasteiger partial charge is 0.500 e. The molecule has 1 atom stereocenters. The maximum absolute atomic E-state index is 5.88. The van der Waals surface area contributed by atoms with E-state index in [9.17, 15) is 0 Å². The van der Waals surface area contributed by atoms with Gasteiger partial charge in [-0.15, -0.1) is 0 Å². The van der Waals surface area contributed by atoms with Crippen molar-refractivity contribution in [3.05, 3.63) is 0 Å². The third-order valence-electron chi connectivity index (χ3n) is 5.65. The topological polar surface area (TPSA) is 61.4 Å². The van der Waals surface area contributed by atoms with E-state index in [1.807, 2.05) is 14.2 Å². The highest BCUT2D eigenvalue weighted by Gasteiger charge is 2.39. The van der Waals surface area contributed by atoms with Crippen molar-refractivity contribution in [3.8, 4) is 0 Å². The Bertz CT molecular complexity index is 365. The van der Waals surface area contributed by atoms with E-state index in [2.05, 4.69) is 30.9 Å². The van der Waals surface area contributed by atoms with Crippen molar-refractivity contribution in [1.29, 1.82) is 0 Å². The summed E-state index contributed by atoms with van der Waals surface area (Å²) in [6.07, 6.45) is 7.16. The average Bonchev–Trinajstić information content (AvgIpc) is 2.71. The first-order valence-electron chi connectivity index (χ1n) is 10.4. The van der Waals surface area contributed by atoms with Crippen LogP contribution in [0.15, 0.2) is 0 Å². The van der Waals surface area contributed by atoms with E-state index in [0.717, 1.165) is 25.2 Å². The fourth-order valence-corrected chi connectivity index (χ4v) is 11.7. The van der Waals surface area contributed by atoms with E-state index in [4.69, 9.17) is 22.1 Å². The lowest BCUT2D eigenvalue weighted by Gasteiger charge is -2.32. The van der Waals surface area contributed by atoms with Crippen LogP contribution in [-0.2, 0) is 22.1 Å². The van der Waals surface area contributed by atoms with Gasteiger partial charge in [0.25, 0.3) is 0 Å². The van der Waals surface area contributed by atoms with Crippen molar-refractivity contribution in [1.82, 2.24) is 10.2 Å². The molecule has 0 spiro atoms. The van der Waals surface area contributed by atoms with E-state index in [0.29, 0.717) is 5.16 Å². The predicted molar refractivity (Wildman–Crippen MR) is 124 cm³/mol. The minimum Gasteiger partial charge on any atom is -0.398 e. The predicted octanol–water partition coefficient (Wildman–Crippen LogP) is 1.79. The van der Waals surface area contributed by atoms with Crippen LogP contribution in [0.3, 0.4) is 0 Å². The van der Waals surface area contributed by atoms with Gasteiger partial charge in [-0.25, -0.2) is 0 Å². The number of nitrogens with zero attached hydrogens (tertiary/aromatic N) is 1. The van der Waals surface area contributed by atoms with Gasteiger partial charge in [0.2, 0.25) is 0 Å². The van der Waals surface area contributed by atoms with Gasteiger partial charge < -0.3 is 32.3 Å². The third-order valence-corrected chi connectivity index (χ3v) is 16.7. The molecular formula is C18H46N2O5Si3. The molecule has 0 radical (unpaired) electrons. The maximum Gasteiger partial charge on any atom is 0.500 e. The standard InChI is InChI=1S/C18H46N2O5Si3/c1-20(2)15-11-9-10-13-18(27(8,21-3)22-4)26-17-19-14-12-16-28(23-5,24-6)25-7/h18-19H,9-17,26H2,1-8H3. The van der Waals surface area contributed by atoms with Crippen LogP contribution >= 0.6 is 0 Å². The van der Waals surface area contributed by atoms with Crippen LogP contribution in [0.4, 0.5) is 0 Å². The van der Waals surface area contributed by atoms with Gasteiger partial charge in [-0.05, 0) is 57.9 Å². The summed E-state index contributed by atoms with van der Waals surface area (Å²) >= 11 is 0. The highest BCUT2D eigenvalue weighted by molar-refractivity contribution is 6.77. The first-order valence-corrected chi connectivity index (χ1v) is 16.6. The monoisotopic (exact) mass is 454 g/mol. The van der Waals surface area contributed by atoms with Gasteiger partial charge in [-0.1, -0.05) is 19.3 Å². The Balaban J connectivity index is 4.30. The van der Waals surface area contributed by atoms with Gasteiger partial charge in [0, 0.05) is 51.1 Å². The molecule has 0 aliphatic rings. The summed E-state index contributed by atoms with van der Waals surface area (Å²) in [6, 6.07) is 0.836. The van der Waals surface area contributed by atoms with Gasteiger partial charge in [-0.3, -0.25) is 0 Å². The van der Waals surface area contributed by atoms with Crippen molar-refractivity contribution < 1.29 is 22.1 Å². The molecule has 0 fully saturated rings. The number of hydrogen-bond acceptors (Lipinski definition) is 7. The molecule has 1 N–H and O–H groups in total. The summed E-state index contributed by atoms with van der Waals surface area (Å²) in [5.74, 6) is 0. The molecule has 0 heterocycles.